The average Bonchev–Trinajstić information content (AvgIpc) is 2.88. The summed E-state index contributed by atoms with van der Waals surface area (Å²) in [7, 11) is 0. The number of rotatable bonds is 6. The van der Waals surface area contributed by atoms with E-state index in [0.717, 1.165) is 31.1 Å². The summed E-state index contributed by atoms with van der Waals surface area (Å²) < 4.78 is 5.75. The molecule has 0 aliphatic carbocycles. The van der Waals surface area contributed by atoms with Crippen LogP contribution in [0.4, 0.5) is 0 Å². The molecule has 1 heterocycles. The number of halogens is 1. The normalized spacial score (nSPS) is 21.1. The van der Waals surface area contributed by atoms with Gasteiger partial charge >= 0.3 is 0 Å². The van der Waals surface area contributed by atoms with E-state index < -0.39 is 0 Å². The first-order valence-electron chi connectivity index (χ1n) is 6.87. The summed E-state index contributed by atoms with van der Waals surface area (Å²) in [5, 5.41) is 4.25. The predicted octanol–water partition coefficient (Wildman–Crippen LogP) is 3.60. The maximum absolute atomic E-state index is 5.95. The van der Waals surface area contributed by atoms with Gasteiger partial charge in [-0.3, -0.25) is 0 Å². The lowest BCUT2D eigenvalue weighted by Crippen LogP contribution is -2.24. The van der Waals surface area contributed by atoms with Crippen LogP contribution in [-0.2, 0) is 4.74 Å². The van der Waals surface area contributed by atoms with Gasteiger partial charge in [0.05, 0.1) is 6.10 Å². The van der Waals surface area contributed by atoms with E-state index in [1.807, 2.05) is 12.1 Å². The molecule has 1 fully saturated rings. The molecule has 0 bridgehead atoms. The zero-order valence-electron chi connectivity index (χ0n) is 11.0. The fraction of sp³-hybridized carbons (Fsp3) is 0.600. The first-order chi connectivity index (χ1) is 8.79. The molecule has 100 valence electrons. The van der Waals surface area contributed by atoms with Gasteiger partial charge in [-0.2, -0.15) is 0 Å². The lowest BCUT2D eigenvalue weighted by molar-refractivity contribution is 0.0977. The summed E-state index contributed by atoms with van der Waals surface area (Å²) >= 11 is 5.95. The minimum absolute atomic E-state index is 0.435. The molecule has 1 aliphatic heterocycles. The molecule has 1 saturated heterocycles. The molecule has 1 N–H and O–H groups in total. The molecular formula is C15H22ClNO. The van der Waals surface area contributed by atoms with Gasteiger partial charge in [0.25, 0.3) is 0 Å². The average molecular weight is 268 g/mol. The van der Waals surface area contributed by atoms with Gasteiger partial charge in [-0.1, -0.05) is 30.7 Å². The Kier molecular flexibility index (Phi) is 5.48. The summed E-state index contributed by atoms with van der Waals surface area (Å²) in [4.78, 5) is 0. The van der Waals surface area contributed by atoms with Crippen molar-refractivity contribution < 1.29 is 4.74 Å². The van der Waals surface area contributed by atoms with E-state index in [9.17, 15) is 0 Å². The van der Waals surface area contributed by atoms with Crippen LogP contribution in [0.3, 0.4) is 0 Å². The van der Waals surface area contributed by atoms with Crippen molar-refractivity contribution in [3.05, 3.63) is 34.9 Å². The van der Waals surface area contributed by atoms with Crippen molar-refractivity contribution in [3.8, 4) is 0 Å². The monoisotopic (exact) mass is 267 g/mol. The van der Waals surface area contributed by atoms with Gasteiger partial charge in [0.2, 0.25) is 0 Å². The van der Waals surface area contributed by atoms with Crippen LogP contribution in [0.5, 0.6) is 0 Å². The van der Waals surface area contributed by atoms with Crippen molar-refractivity contribution in [1.82, 2.24) is 5.32 Å². The molecular weight excluding hydrogens is 246 g/mol. The molecule has 2 atom stereocenters. The zero-order chi connectivity index (χ0) is 12.8. The zero-order valence-corrected chi connectivity index (χ0v) is 11.7. The second kappa shape index (κ2) is 7.13. The van der Waals surface area contributed by atoms with E-state index in [-0.39, 0.29) is 0 Å². The van der Waals surface area contributed by atoms with Crippen LogP contribution in [0.2, 0.25) is 5.02 Å². The highest BCUT2D eigenvalue weighted by atomic mass is 35.5. The first-order valence-corrected chi connectivity index (χ1v) is 7.25. The highest BCUT2D eigenvalue weighted by molar-refractivity contribution is 6.30. The Bertz CT molecular complexity index is 346. The molecule has 2 nitrogen and oxygen atoms in total. The number of likely N-dealkylation sites (N-methyl/N-ethyl adjacent to an activating group) is 1. The molecule has 2 unspecified atom stereocenters. The SMILES string of the molecule is CCNCC(CC1CCCO1)c1ccc(Cl)cc1. The van der Waals surface area contributed by atoms with Crippen LogP contribution in [0, 0.1) is 0 Å². The van der Waals surface area contributed by atoms with Crippen LogP contribution in [0.15, 0.2) is 24.3 Å². The summed E-state index contributed by atoms with van der Waals surface area (Å²) in [5.74, 6) is 0.519. The molecule has 0 aromatic heterocycles. The Morgan fingerprint density at radius 3 is 2.78 bits per heavy atom. The smallest absolute Gasteiger partial charge is 0.0582 e. The number of hydrogen-bond acceptors (Lipinski definition) is 2. The number of hydrogen-bond donors (Lipinski definition) is 1. The standard InChI is InChI=1S/C15H22ClNO/c1-2-17-11-13(10-15-4-3-9-18-15)12-5-7-14(16)8-6-12/h5-8,13,15,17H,2-4,9-11H2,1H3. The van der Waals surface area contributed by atoms with Crippen LogP contribution >= 0.6 is 11.6 Å². The van der Waals surface area contributed by atoms with Gasteiger partial charge in [0, 0.05) is 18.2 Å². The number of ether oxygens (including phenoxy) is 1. The minimum Gasteiger partial charge on any atom is -0.378 e. The van der Waals surface area contributed by atoms with Crippen LogP contribution in [-0.4, -0.2) is 25.8 Å². The van der Waals surface area contributed by atoms with Crippen molar-refractivity contribution in [3.63, 3.8) is 0 Å². The van der Waals surface area contributed by atoms with Crippen molar-refractivity contribution >= 4 is 11.6 Å². The fourth-order valence-corrected chi connectivity index (χ4v) is 2.66. The largest absolute Gasteiger partial charge is 0.378 e. The maximum atomic E-state index is 5.95. The molecule has 3 heteroatoms. The minimum atomic E-state index is 0.435. The van der Waals surface area contributed by atoms with E-state index in [4.69, 9.17) is 16.3 Å². The topological polar surface area (TPSA) is 21.3 Å². The third kappa shape index (κ3) is 3.98. The van der Waals surface area contributed by atoms with Gasteiger partial charge in [0.1, 0.15) is 0 Å². The van der Waals surface area contributed by atoms with Crippen LogP contribution in [0.25, 0.3) is 0 Å². The molecule has 0 saturated carbocycles. The van der Waals surface area contributed by atoms with E-state index in [0.29, 0.717) is 12.0 Å². The molecule has 0 amide bonds. The van der Waals surface area contributed by atoms with Gasteiger partial charge in [-0.25, -0.2) is 0 Å². The summed E-state index contributed by atoms with van der Waals surface area (Å²) in [6.45, 7) is 5.10. The van der Waals surface area contributed by atoms with Gasteiger partial charge in [0.15, 0.2) is 0 Å². The Hall–Kier alpha value is -0.570. The maximum Gasteiger partial charge on any atom is 0.0582 e. The Labute approximate surface area is 115 Å². The molecule has 0 radical (unpaired) electrons. The Morgan fingerprint density at radius 2 is 2.17 bits per heavy atom. The lowest BCUT2D eigenvalue weighted by Gasteiger charge is -2.21. The Balaban J connectivity index is 2.00. The second-order valence-corrected chi connectivity index (χ2v) is 5.36. The number of nitrogens with one attached hydrogen (secondary N) is 1. The molecule has 1 aromatic carbocycles. The van der Waals surface area contributed by atoms with Gasteiger partial charge in [-0.05, 0) is 49.4 Å². The predicted molar refractivity (Wildman–Crippen MR) is 76.3 cm³/mol. The fourth-order valence-electron chi connectivity index (χ4n) is 2.54. The third-order valence-corrected chi connectivity index (χ3v) is 3.81. The van der Waals surface area contributed by atoms with E-state index in [1.54, 1.807) is 0 Å². The Morgan fingerprint density at radius 1 is 1.39 bits per heavy atom. The second-order valence-electron chi connectivity index (χ2n) is 4.93. The van der Waals surface area contributed by atoms with E-state index >= 15 is 0 Å². The van der Waals surface area contributed by atoms with Crippen molar-refractivity contribution in [2.24, 2.45) is 0 Å². The van der Waals surface area contributed by atoms with Crippen molar-refractivity contribution in [1.29, 1.82) is 0 Å². The summed E-state index contributed by atoms with van der Waals surface area (Å²) in [6, 6.07) is 8.23. The van der Waals surface area contributed by atoms with Crippen molar-refractivity contribution in [2.75, 3.05) is 19.7 Å². The first kappa shape index (κ1) is 13.9. The highest BCUT2D eigenvalue weighted by Crippen LogP contribution is 2.27. The highest BCUT2D eigenvalue weighted by Gasteiger charge is 2.21. The quantitative estimate of drug-likeness (QED) is 0.850. The van der Waals surface area contributed by atoms with Crippen LogP contribution in [0.1, 0.15) is 37.7 Å². The molecule has 2 rings (SSSR count). The van der Waals surface area contributed by atoms with Gasteiger partial charge < -0.3 is 10.1 Å². The molecule has 18 heavy (non-hydrogen) atoms. The summed E-state index contributed by atoms with van der Waals surface area (Å²) in [5.41, 5.74) is 1.36. The van der Waals surface area contributed by atoms with Crippen molar-refractivity contribution in [2.45, 2.75) is 38.2 Å². The van der Waals surface area contributed by atoms with E-state index in [2.05, 4.69) is 24.4 Å². The third-order valence-electron chi connectivity index (χ3n) is 3.55. The van der Waals surface area contributed by atoms with Crippen LogP contribution < -0.4 is 5.32 Å². The lowest BCUT2D eigenvalue weighted by atomic mass is 9.92. The molecule has 0 spiro atoms. The van der Waals surface area contributed by atoms with E-state index in [1.165, 1.54) is 18.4 Å². The molecule has 1 aliphatic rings. The number of benzene rings is 1. The van der Waals surface area contributed by atoms with Gasteiger partial charge in [-0.15, -0.1) is 0 Å². The summed E-state index contributed by atoms with van der Waals surface area (Å²) in [6.07, 6.45) is 3.95. The molecule has 1 aromatic rings.